The summed E-state index contributed by atoms with van der Waals surface area (Å²) in [5.74, 6) is 0. The van der Waals surface area contributed by atoms with Gasteiger partial charge in [0.2, 0.25) is 10.0 Å². The topological polar surface area (TPSA) is 92.6 Å². The maximum atomic E-state index is 12.6. The zero-order valence-corrected chi connectivity index (χ0v) is 13.4. The number of nitro groups is 1. The Hall–Kier alpha value is -0.930. The van der Waals surface area contributed by atoms with E-state index in [2.05, 4.69) is 5.32 Å². The summed E-state index contributed by atoms with van der Waals surface area (Å²) in [6.07, 6.45) is 0.670. The van der Waals surface area contributed by atoms with Crippen molar-refractivity contribution in [3.63, 3.8) is 0 Å². The number of nitro benzene ring substituents is 1. The summed E-state index contributed by atoms with van der Waals surface area (Å²) < 4.78 is 26.3. The Morgan fingerprint density at radius 2 is 2.10 bits per heavy atom. The molecule has 1 atom stereocenters. The third-order valence-electron chi connectivity index (χ3n) is 3.42. The van der Waals surface area contributed by atoms with Crippen LogP contribution < -0.4 is 5.32 Å². The summed E-state index contributed by atoms with van der Waals surface area (Å²) >= 11 is 11.6. The highest BCUT2D eigenvalue weighted by molar-refractivity contribution is 7.89. The summed E-state index contributed by atoms with van der Waals surface area (Å²) in [6, 6.07) is 2.14. The van der Waals surface area contributed by atoms with Crippen molar-refractivity contribution in [3.05, 3.63) is 32.3 Å². The van der Waals surface area contributed by atoms with Crippen molar-refractivity contribution in [2.45, 2.75) is 17.4 Å². The number of likely N-dealkylation sites (N-methyl/N-ethyl adjacent to an activating group) is 1. The molecule has 1 N–H and O–H groups in total. The molecule has 0 spiro atoms. The first-order valence-corrected chi connectivity index (χ1v) is 8.27. The van der Waals surface area contributed by atoms with Crippen molar-refractivity contribution >= 4 is 38.9 Å². The molecule has 0 bridgehead atoms. The fraction of sp³-hybridized carbons (Fsp3) is 0.455. The SMILES string of the molecule is CN(C1CCNC1)S(=O)(=O)c1ccc(Cl)c([N+](=O)[O-])c1Cl. The molecular weight excluding hydrogens is 341 g/mol. The van der Waals surface area contributed by atoms with Crippen LogP contribution in [0.1, 0.15) is 6.42 Å². The molecule has 1 aromatic rings. The maximum Gasteiger partial charge on any atom is 0.307 e. The minimum atomic E-state index is -3.93. The largest absolute Gasteiger partial charge is 0.315 e. The number of nitrogens with zero attached hydrogens (tertiary/aromatic N) is 2. The minimum absolute atomic E-state index is 0.200. The van der Waals surface area contributed by atoms with Gasteiger partial charge >= 0.3 is 5.69 Å². The fourth-order valence-corrected chi connectivity index (χ4v) is 4.44. The molecule has 1 aromatic carbocycles. The zero-order chi connectivity index (χ0) is 15.8. The first-order chi connectivity index (χ1) is 9.76. The van der Waals surface area contributed by atoms with Crippen LogP contribution in [0.5, 0.6) is 0 Å². The maximum absolute atomic E-state index is 12.6. The fourth-order valence-electron chi connectivity index (χ4n) is 2.19. The summed E-state index contributed by atoms with van der Waals surface area (Å²) in [5, 5.41) is 13.4. The molecule has 1 unspecified atom stereocenters. The van der Waals surface area contributed by atoms with Gasteiger partial charge in [-0.15, -0.1) is 0 Å². The molecule has 0 radical (unpaired) electrons. The molecule has 0 aliphatic carbocycles. The van der Waals surface area contributed by atoms with E-state index in [9.17, 15) is 18.5 Å². The second-order valence-electron chi connectivity index (χ2n) is 4.63. The first kappa shape index (κ1) is 16.4. The normalized spacial score (nSPS) is 19.1. The molecular formula is C11H13Cl2N3O4S. The molecule has 21 heavy (non-hydrogen) atoms. The Morgan fingerprint density at radius 1 is 1.43 bits per heavy atom. The van der Waals surface area contributed by atoms with Gasteiger partial charge in [-0.05, 0) is 25.1 Å². The van der Waals surface area contributed by atoms with Crippen LogP contribution in [0.15, 0.2) is 17.0 Å². The molecule has 116 valence electrons. The molecule has 0 amide bonds. The minimum Gasteiger partial charge on any atom is -0.315 e. The van der Waals surface area contributed by atoms with Crippen molar-refractivity contribution in [1.29, 1.82) is 0 Å². The monoisotopic (exact) mass is 353 g/mol. The van der Waals surface area contributed by atoms with Crippen molar-refractivity contribution < 1.29 is 13.3 Å². The number of hydrogen-bond donors (Lipinski definition) is 1. The number of rotatable bonds is 4. The molecule has 0 saturated carbocycles. The van der Waals surface area contributed by atoms with Crippen molar-refractivity contribution in [1.82, 2.24) is 9.62 Å². The van der Waals surface area contributed by atoms with Gasteiger partial charge in [0.05, 0.1) is 4.92 Å². The van der Waals surface area contributed by atoms with Crippen LogP contribution in [0.25, 0.3) is 0 Å². The molecule has 1 saturated heterocycles. The van der Waals surface area contributed by atoms with E-state index in [0.29, 0.717) is 13.0 Å². The lowest BCUT2D eigenvalue weighted by Gasteiger charge is -2.23. The van der Waals surface area contributed by atoms with Gasteiger partial charge in [0.1, 0.15) is 14.9 Å². The van der Waals surface area contributed by atoms with Gasteiger partial charge in [-0.3, -0.25) is 10.1 Å². The van der Waals surface area contributed by atoms with E-state index in [4.69, 9.17) is 23.2 Å². The van der Waals surface area contributed by atoms with E-state index < -0.39 is 25.7 Å². The number of nitrogens with one attached hydrogen (secondary N) is 1. The van der Waals surface area contributed by atoms with Crippen molar-refractivity contribution in [2.24, 2.45) is 0 Å². The van der Waals surface area contributed by atoms with E-state index in [1.807, 2.05) is 0 Å². The highest BCUT2D eigenvalue weighted by Gasteiger charge is 2.34. The van der Waals surface area contributed by atoms with Crippen molar-refractivity contribution in [3.8, 4) is 0 Å². The van der Waals surface area contributed by atoms with E-state index in [1.165, 1.54) is 23.5 Å². The summed E-state index contributed by atoms with van der Waals surface area (Å²) in [4.78, 5) is 9.86. The van der Waals surface area contributed by atoms with Crippen LogP contribution in [0.3, 0.4) is 0 Å². The second kappa shape index (κ2) is 6.05. The molecule has 7 nitrogen and oxygen atoms in total. The van der Waals surface area contributed by atoms with Gasteiger partial charge in [0.15, 0.2) is 0 Å². The van der Waals surface area contributed by atoms with Crippen LogP contribution in [-0.4, -0.2) is 43.8 Å². The number of halogens is 2. The lowest BCUT2D eigenvalue weighted by Crippen LogP contribution is -2.38. The van der Waals surface area contributed by atoms with Gasteiger partial charge in [-0.1, -0.05) is 23.2 Å². The number of benzene rings is 1. The smallest absolute Gasteiger partial charge is 0.307 e. The van der Waals surface area contributed by atoms with Crippen molar-refractivity contribution in [2.75, 3.05) is 20.1 Å². The summed E-state index contributed by atoms with van der Waals surface area (Å²) in [6.45, 7) is 1.25. The highest BCUT2D eigenvalue weighted by Crippen LogP contribution is 2.38. The summed E-state index contributed by atoms with van der Waals surface area (Å²) in [5.41, 5.74) is -0.600. The molecule has 10 heteroatoms. The third-order valence-corrected chi connectivity index (χ3v) is 6.17. The van der Waals surface area contributed by atoms with Gasteiger partial charge < -0.3 is 5.32 Å². The van der Waals surface area contributed by atoms with Crippen LogP contribution in [0.2, 0.25) is 10.0 Å². The Morgan fingerprint density at radius 3 is 2.62 bits per heavy atom. The summed E-state index contributed by atoms with van der Waals surface area (Å²) in [7, 11) is -2.49. The molecule has 0 aromatic heterocycles. The molecule has 1 fully saturated rings. The molecule has 1 heterocycles. The van der Waals surface area contributed by atoms with E-state index in [0.717, 1.165) is 6.54 Å². The Balaban J connectivity index is 2.50. The quantitative estimate of drug-likeness (QED) is 0.658. The molecule has 1 aliphatic heterocycles. The number of hydrogen-bond acceptors (Lipinski definition) is 5. The van der Waals surface area contributed by atoms with Gasteiger partial charge in [-0.25, -0.2) is 8.42 Å². The molecule has 2 rings (SSSR count). The van der Waals surface area contributed by atoms with Crippen LogP contribution in [-0.2, 0) is 10.0 Å². The van der Waals surface area contributed by atoms with Gasteiger partial charge in [-0.2, -0.15) is 4.31 Å². The first-order valence-electron chi connectivity index (χ1n) is 6.08. The van der Waals surface area contributed by atoms with E-state index in [-0.39, 0.29) is 16.0 Å². The number of sulfonamides is 1. The second-order valence-corrected chi connectivity index (χ2v) is 7.38. The standard InChI is InChI=1S/C11H13Cl2N3O4S/c1-15(7-4-5-14-6-7)21(19,20)9-3-2-8(12)11(10(9)13)16(17)18/h2-3,7,14H,4-6H2,1H3. The van der Waals surface area contributed by atoms with Gasteiger partial charge in [0, 0.05) is 19.6 Å². The molecule has 1 aliphatic rings. The predicted octanol–water partition coefficient (Wildman–Crippen LogP) is 1.88. The Labute approximate surface area is 132 Å². The zero-order valence-electron chi connectivity index (χ0n) is 11.0. The lowest BCUT2D eigenvalue weighted by atomic mass is 10.3. The third kappa shape index (κ3) is 3.00. The van der Waals surface area contributed by atoms with E-state index >= 15 is 0 Å². The Bertz CT molecular complexity index is 674. The van der Waals surface area contributed by atoms with Crippen LogP contribution >= 0.6 is 23.2 Å². The van der Waals surface area contributed by atoms with Crippen LogP contribution in [0, 0.1) is 10.1 Å². The average Bonchev–Trinajstić information content (AvgIpc) is 2.90. The predicted molar refractivity (Wildman–Crippen MR) is 79.3 cm³/mol. The van der Waals surface area contributed by atoms with Crippen LogP contribution in [0.4, 0.5) is 5.69 Å². The lowest BCUT2D eigenvalue weighted by molar-refractivity contribution is -0.384. The van der Waals surface area contributed by atoms with E-state index in [1.54, 1.807) is 0 Å². The average molecular weight is 354 g/mol. The van der Waals surface area contributed by atoms with Gasteiger partial charge in [0.25, 0.3) is 0 Å². The Kier molecular flexibility index (Phi) is 4.74. The highest BCUT2D eigenvalue weighted by atomic mass is 35.5.